The Morgan fingerprint density at radius 1 is 0.882 bits per heavy atom. The van der Waals surface area contributed by atoms with Gasteiger partial charge in [-0.2, -0.15) is 0 Å². The van der Waals surface area contributed by atoms with Crippen LogP contribution < -0.4 is 26.9 Å². The van der Waals surface area contributed by atoms with E-state index < -0.39 is 17.2 Å². The summed E-state index contributed by atoms with van der Waals surface area (Å²) >= 11 is 0. The smallest absolute Gasteiger partial charge is 0.256 e. The molecule has 4 heterocycles. The molecule has 12 heteroatoms. The summed E-state index contributed by atoms with van der Waals surface area (Å²) < 4.78 is 24.1. The number of carbonyl (C=O) groups excluding carboxylic acids is 1. The van der Waals surface area contributed by atoms with Crippen LogP contribution in [0.15, 0.2) is 67.5 Å². The molecule has 264 valence electrons. The number of likely N-dealkylation sites (N-methyl/N-ethyl adjacent to an activating group) is 1. The Hall–Kier alpha value is -4.91. The van der Waals surface area contributed by atoms with Crippen LogP contribution in [0.5, 0.6) is 0 Å². The van der Waals surface area contributed by atoms with Crippen LogP contribution in [-0.2, 0) is 0 Å². The van der Waals surface area contributed by atoms with E-state index in [1.54, 1.807) is 34.7 Å². The zero-order chi connectivity index (χ0) is 35.4. The lowest BCUT2D eigenvalue weighted by Crippen LogP contribution is -2.44. The number of anilines is 1. The lowest BCUT2D eigenvalue weighted by molar-refractivity contribution is 0.0949. The highest BCUT2D eigenvalue weighted by atomic mass is 19.1. The van der Waals surface area contributed by atoms with Gasteiger partial charge in [-0.1, -0.05) is 24.3 Å². The van der Waals surface area contributed by atoms with Gasteiger partial charge in [0, 0.05) is 73.1 Å². The van der Waals surface area contributed by atoms with E-state index in [-0.39, 0.29) is 54.9 Å². The van der Waals surface area contributed by atoms with Crippen molar-refractivity contribution in [1.29, 1.82) is 0 Å². The second-order valence-electron chi connectivity index (χ2n) is 14.1. The van der Waals surface area contributed by atoms with Crippen molar-refractivity contribution in [1.82, 2.24) is 24.4 Å². The third kappa shape index (κ3) is 5.90. The standard InChI is InChI=1S/C39H41FN6O5/c1-43-15-17-45(18-16-43)14-6-11-41-33-30(40)19-28-34-38(33)51-32-21-27-26(35(47)24-8-3-4-9-25(24)36(27)48)20-31(32)46(34)22-29(37(28)49)39(50)42-12-10-23-7-5-13-44(23)2/h3-4,8-9,19-23,41H,5-7,10-18H2,1-2H3,(H,42,50). The van der Waals surface area contributed by atoms with E-state index in [1.807, 2.05) is 0 Å². The SMILES string of the molecule is CN1CCN(CCCNc2c(F)cc3c(=O)c(C(=O)NCCC4CCCN4C)cn4c5cc6c(=O)c7ccccc7c(=O)c6cc5oc2c34)CC1. The molecule has 8 rings (SSSR count). The molecule has 0 spiro atoms. The summed E-state index contributed by atoms with van der Waals surface area (Å²) in [5.41, 5.74) is -0.408. The number of carbonyl (C=O) groups is 1. The molecule has 11 nitrogen and oxygen atoms in total. The maximum absolute atomic E-state index is 16.1. The predicted octanol–water partition coefficient (Wildman–Crippen LogP) is 4.07. The minimum atomic E-state index is -0.691. The number of benzene rings is 4. The first-order valence-electron chi connectivity index (χ1n) is 17.8. The number of halogens is 1. The number of nitrogens with one attached hydrogen (secondary N) is 2. The first kappa shape index (κ1) is 33.2. The van der Waals surface area contributed by atoms with Crippen molar-refractivity contribution < 1.29 is 13.6 Å². The number of fused-ring (bicyclic) bond motifs is 4. The van der Waals surface area contributed by atoms with Gasteiger partial charge in [-0.05, 0) is 71.1 Å². The van der Waals surface area contributed by atoms with Crippen LogP contribution in [0.3, 0.4) is 0 Å². The number of rotatable bonds is 9. The maximum Gasteiger partial charge on any atom is 0.256 e. The van der Waals surface area contributed by atoms with Crippen molar-refractivity contribution in [2.24, 2.45) is 0 Å². The van der Waals surface area contributed by atoms with Crippen molar-refractivity contribution in [2.45, 2.75) is 31.7 Å². The first-order valence-corrected chi connectivity index (χ1v) is 17.8. The largest absolute Gasteiger partial charge is 0.451 e. The second-order valence-corrected chi connectivity index (χ2v) is 14.1. The highest BCUT2D eigenvalue weighted by molar-refractivity contribution is 6.08. The van der Waals surface area contributed by atoms with Crippen molar-refractivity contribution in [3.8, 4) is 0 Å². The molecule has 2 saturated heterocycles. The average molecular weight is 693 g/mol. The molecule has 2 aliphatic rings. The van der Waals surface area contributed by atoms with Crippen LogP contribution >= 0.6 is 0 Å². The molecule has 51 heavy (non-hydrogen) atoms. The summed E-state index contributed by atoms with van der Waals surface area (Å²) in [6.07, 6.45) is 5.10. The van der Waals surface area contributed by atoms with Crippen LogP contribution in [-0.4, -0.2) is 97.5 Å². The molecular formula is C39H41FN6O5. The minimum absolute atomic E-state index is 0.0233. The number of piperazine rings is 1. The molecule has 1 amide bonds. The van der Waals surface area contributed by atoms with Gasteiger partial charge in [0.15, 0.2) is 27.8 Å². The normalized spacial score (nSPS) is 17.8. The quantitative estimate of drug-likeness (QED) is 0.131. The van der Waals surface area contributed by atoms with Gasteiger partial charge in [-0.25, -0.2) is 4.39 Å². The minimum Gasteiger partial charge on any atom is -0.451 e. The number of amides is 1. The number of aromatic nitrogens is 1. The Labute approximate surface area is 292 Å². The van der Waals surface area contributed by atoms with Crippen molar-refractivity contribution in [2.75, 3.05) is 71.8 Å². The number of likely N-dealkylation sites (tertiary alicyclic amines) is 1. The predicted molar refractivity (Wildman–Crippen MR) is 199 cm³/mol. The van der Waals surface area contributed by atoms with Gasteiger partial charge < -0.3 is 34.2 Å². The van der Waals surface area contributed by atoms with E-state index in [1.165, 1.54) is 12.3 Å². The van der Waals surface area contributed by atoms with Gasteiger partial charge in [0.1, 0.15) is 16.8 Å². The van der Waals surface area contributed by atoms with E-state index in [4.69, 9.17) is 4.42 Å². The molecule has 2 aromatic heterocycles. The Bertz CT molecular complexity index is 2510. The van der Waals surface area contributed by atoms with E-state index >= 15 is 4.39 Å². The third-order valence-electron chi connectivity index (χ3n) is 10.9. The van der Waals surface area contributed by atoms with Crippen LogP contribution in [0.1, 0.15) is 36.0 Å². The topological polar surface area (TPSA) is 120 Å². The van der Waals surface area contributed by atoms with E-state index in [0.29, 0.717) is 35.4 Å². The highest BCUT2D eigenvalue weighted by Gasteiger charge is 2.25. The van der Waals surface area contributed by atoms with Gasteiger partial charge in [-0.15, -0.1) is 0 Å². The van der Waals surface area contributed by atoms with Gasteiger partial charge in [-0.3, -0.25) is 19.2 Å². The van der Waals surface area contributed by atoms with Crippen LogP contribution in [0.4, 0.5) is 10.1 Å². The summed E-state index contributed by atoms with van der Waals surface area (Å²) in [4.78, 5) is 61.8. The van der Waals surface area contributed by atoms with Crippen molar-refractivity contribution in [3.63, 3.8) is 0 Å². The van der Waals surface area contributed by atoms with Gasteiger partial charge in [0.25, 0.3) is 5.91 Å². The average Bonchev–Trinajstić information content (AvgIpc) is 3.55. The summed E-state index contributed by atoms with van der Waals surface area (Å²) in [5.74, 6) is -1.25. The van der Waals surface area contributed by atoms with Gasteiger partial charge >= 0.3 is 0 Å². The van der Waals surface area contributed by atoms with Gasteiger partial charge in [0.05, 0.1) is 10.9 Å². The molecule has 1 atom stereocenters. The molecule has 0 aliphatic carbocycles. The molecule has 0 bridgehead atoms. The Kier molecular flexibility index (Phi) is 8.69. The van der Waals surface area contributed by atoms with Crippen LogP contribution in [0.25, 0.3) is 49.1 Å². The maximum atomic E-state index is 16.1. The zero-order valence-electron chi connectivity index (χ0n) is 28.9. The second kappa shape index (κ2) is 13.3. The van der Waals surface area contributed by atoms with Gasteiger partial charge in [0.2, 0.25) is 5.43 Å². The summed E-state index contributed by atoms with van der Waals surface area (Å²) in [6, 6.07) is 11.2. The lowest BCUT2D eigenvalue weighted by Gasteiger charge is -2.32. The van der Waals surface area contributed by atoms with Crippen molar-refractivity contribution >= 4 is 60.7 Å². The van der Waals surface area contributed by atoms with E-state index in [2.05, 4.69) is 39.4 Å². The highest BCUT2D eigenvalue weighted by Crippen LogP contribution is 2.35. The molecule has 4 aromatic carbocycles. The zero-order valence-corrected chi connectivity index (χ0v) is 28.9. The molecule has 2 N–H and O–H groups in total. The summed E-state index contributed by atoms with van der Waals surface area (Å²) in [7, 11) is 4.18. The van der Waals surface area contributed by atoms with Crippen LogP contribution in [0.2, 0.25) is 0 Å². The van der Waals surface area contributed by atoms with E-state index in [9.17, 15) is 19.2 Å². The monoisotopic (exact) mass is 692 g/mol. The molecule has 1 unspecified atom stereocenters. The fraction of sp³-hybridized carbons (Fsp3) is 0.385. The van der Waals surface area contributed by atoms with Crippen molar-refractivity contribution in [3.05, 3.63) is 90.7 Å². The molecule has 2 aliphatic heterocycles. The summed E-state index contributed by atoms with van der Waals surface area (Å²) in [6.45, 7) is 6.65. The number of hydrogen-bond acceptors (Lipinski definition) is 9. The van der Waals surface area contributed by atoms with Crippen LogP contribution in [0, 0.1) is 5.82 Å². The third-order valence-corrected chi connectivity index (χ3v) is 10.9. The fourth-order valence-electron chi connectivity index (χ4n) is 7.91. The van der Waals surface area contributed by atoms with E-state index in [0.717, 1.165) is 71.0 Å². The molecule has 2 fully saturated rings. The Morgan fingerprint density at radius 3 is 2.31 bits per heavy atom. The number of hydrogen-bond donors (Lipinski definition) is 2. The lowest BCUT2D eigenvalue weighted by atomic mass is 10.0. The molecule has 6 aromatic rings. The Morgan fingerprint density at radius 2 is 1.61 bits per heavy atom. The molecule has 0 saturated carbocycles. The first-order chi connectivity index (χ1) is 24.7. The number of pyridine rings is 1. The Balaban J connectivity index is 1.26. The number of nitrogens with zero attached hydrogens (tertiary/aromatic N) is 4. The molecular weight excluding hydrogens is 651 g/mol. The fourth-order valence-corrected chi connectivity index (χ4v) is 7.91. The summed E-state index contributed by atoms with van der Waals surface area (Å²) in [5, 5.41) is 7.05. The molecule has 0 radical (unpaired) electrons.